The smallest absolute Gasteiger partial charge is 0.303 e. The van der Waals surface area contributed by atoms with Gasteiger partial charge in [-0.05, 0) is 25.2 Å². The van der Waals surface area contributed by atoms with Crippen molar-refractivity contribution in [1.82, 2.24) is 4.90 Å². The zero-order chi connectivity index (χ0) is 13.5. The number of amides is 1. The summed E-state index contributed by atoms with van der Waals surface area (Å²) in [7, 11) is 0. The van der Waals surface area contributed by atoms with Crippen LogP contribution in [0.2, 0.25) is 0 Å². The monoisotopic (exact) mass is 255 g/mol. The van der Waals surface area contributed by atoms with Gasteiger partial charge in [0.05, 0.1) is 0 Å². The average molecular weight is 255 g/mol. The number of nitrogens with zero attached hydrogens (tertiary/aromatic N) is 1. The van der Waals surface area contributed by atoms with Gasteiger partial charge in [0.2, 0.25) is 5.91 Å². The quantitative estimate of drug-likeness (QED) is 0.761. The Kier molecular flexibility index (Phi) is 6.16. The number of carbonyl (C=O) groups is 2. The molecule has 0 aromatic rings. The van der Waals surface area contributed by atoms with E-state index in [0.29, 0.717) is 24.8 Å². The summed E-state index contributed by atoms with van der Waals surface area (Å²) in [5, 5.41) is 8.60. The summed E-state index contributed by atoms with van der Waals surface area (Å²) >= 11 is 0. The number of hydrogen-bond donors (Lipinski definition) is 1. The van der Waals surface area contributed by atoms with Crippen LogP contribution < -0.4 is 0 Å². The summed E-state index contributed by atoms with van der Waals surface area (Å²) in [5.41, 5.74) is 0. The van der Waals surface area contributed by atoms with Crippen molar-refractivity contribution in [2.75, 3.05) is 6.54 Å². The van der Waals surface area contributed by atoms with Gasteiger partial charge in [0.1, 0.15) is 0 Å². The molecule has 1 aliphatic carbocycles. The summed E-state index contributed by atoms with van der Waals surface area (Å²) in [6, 6.07) is 0.393. The number of hydrogen-bond acceptors (Lipinski definition) is 2. The Morgan fingerprint density at radius 2 is 1.83 bits per heavy atom. The first-order valence-corrected chi connectivity index (χ1v) is 7.02. The first-order chi connectivity index (χ1) is 8.50. The molecule has 0 atom stereocenters. The summed E-state index contributed by atoms with van der Waals surface area (Å²) in [5.74, 6) is -0.218. The Morgan fingerprint density at radius 3 is 2.33 bits per heavy atom. The SMILES string of the molecule is CC(C)CN(C(=O)CCCC(=O)O)C1CCCC1. The van der Waals surface area contributed by atoms with E-state index in [9.17, 15) is 9.59 Å². The van der Waals surface area contributed by atoms with E-state index in [1.165, 1.54) is 12.8 Å². The molecule has 1 fully saturated rings. The van der Waals surface area contributed by atoms with E-state index in [0.717, 1.165) is 19.4 Å². The highest BCUT2D eigenvalue weighted by Crippen LogP contribution is 2.25. The third-order valence-electron chi connectivity index (χ3n) is 3.43. The first-order valence-electron chi connectivity index (χ1n) is 7.02. The molecule has 0 spiro atoms. The maximum Gasteiger partial charge on any atom is 0.303 e. The number of carboxylic acids is 1. The molecule has 0 aromatic carbocycles. The summed E-state index contributed by atoms with van der Waals surface area (Å²) in [4.78, 5) is 24.6. The van der Waals surface area contributed by atoms with E-state index in [-0.39, 0.29) is 12.3 Å². The molecule has 1 saturated carbocycles. The first kappa shape index (κ1) is 15.0. The van der Waals surface area contributed by atoms with Crippen LogP contribution in [0.5, 0.6) is 0 Å². The van der Waals surface area contributed by atoms with Crippen molar-refractivity contribution in [1.29, 1.82) is 0 Å². The summed E-state index contributed by atoms with van der Waals surface area (Å²) in [6.07, 6.45) is 5.55. The van der Waals surface area contributed by atoms with Gasteiger partial charge in [0.25, 0.3) is 0 Å². The van der Waals surface area contributed by atoms with Gasteiger partial charge in [0.15, 0.2) is 0 Å². The van der Waals surface area contributed by atoms with Crippen molar-refractivity contribution in [3.8, 4) is 0 Å². The second-order valence-electron chi connectivity index (χ2n) is 5.63. The number of rotatable bonds is 7. The number of carbonyl (C=O) groups excluding carboxylic acids is 1. The maximum atomic E-state index is 12.2. The van der Waals surface area contributed by atoms with Crippen LogP contribution in [0.25, 0.3) is 0 Å². The largest absolute Gasteiger partial charge is 0.481 e. The molecule has 4 heteroatoms. The number of carboxylic acid groups (broad SMARTS) is 1. The van der Waals surface area contributed by atoms with Crippen molar-refractivity contribution in [3.05, 3.63) is 0 Å². The molecule has 1 aliphatic rings. The van der Waals surface area contributed by atoms with Gasteiger partial charge < -0.3 is 10.0 Å². The normalized spacial score (nSPS) is 16.2. The molecule has 0 radical (unpaired) electrons. The van der Waals surface area contributed by atoms with Crippen LogP contribution in [-0.4, -0.2) is 34.5 Å². The second-order valence-corrected chi connectivity index (χ2v) is 5.63. The van der Waals surface area contributed by atoms with Gasteiger partial charge in [-0.1, -0.05) is 26.7 Å². The molecule has 0 aliphatic heterocycles. The van der Waals surface area contributed by atoms with Crippen LogP contribution >= 0.6 is 0 Å². The summed E-state index contributed by atoms with van der Waals surface area (Å²) in [6.45, 7) is 5.04. The Morgan fingerprint density at radius 1 is 1.22 bits per heavy atom. The Hall–Kier alpha value is -1.06. The summed E-state index contributed by atoms with van der Waals surface area (Å²) < 4.78 is 0. The standard InChI is InChI=1S/C14H25NO3/c1-11(2)10-15(12-6-3-4-7-12)13(16)8-5-9-14(17)18/h11-12H,3-10H2,1-2H3,(H,17,18). The molecule has 0 saturated heterocycles. The lowest BCUT2D eigenvalue weighted by Crippen LogP contribution is -2.41. The van der Waals surface area contributed by atoms with Gasteiger partial charge in [0, 0.05) is 25.4 Å². The van der Waals surface area contributed by atoms with Gasteiger partial charge in [-0.25, -0.2) is 0 Å². The minimum Gasteiger partial charge on any atom is -0.481 e. The fourth-order valence-electron chi connectivity index (χ4n) is 2.60. The molecule has 4 nitrogen and oxygen atoms in total. The molecule has 0 heterocycles. The third kappa shape index (κ3) is 5.07. The molecular formula is C14H25NO3. The molecule has 1 amide bonds. The van der Waals surface area contributed by atoms with Crippen molar-refractivity contribution in [3.63, 3.8) is 0 Å². The molecular weight excluding hydrogens is 230 g/mol. The Bertz CT molecular complexity index is 283. The minimum atomic E-state index is -0.820. The van der Waals surface area contributed by atoms with Crippen LogP contribution in [0, 0.1) is 5.92 Å². The number of aliphatic carboxylic acids is 1. The van der Waals surface area contributed by atoms with Crippen LogP contribution in [0.15, 0.2) is 0 Å². The van der Waals surface area contributed by atoms with E-state index >= 15 is 0 Å². The highest BCUT2D eigenvalue weighted by atomic mass is 16.4. The highest BCUT2D eigenvalue weighted by Gasteiger charge is 2.26. The fourth-order valence-corrected chi connectivity index (χ4v) is 2.60. The molecule has 1 N–H and O–H groups in total. The Labute approximate surface area is 109 Å². The van der Waals surface area contributed by atoms with Gasteiger partial charge in [-0.15, -0.1) is 0 Å². The fraction of sp³-hybridized carbons (Fsp3) is 0.857. The average Bonchev–Trinajstić information content (AvgIpc) is 2.78. The lowest BCUT2D eigenvalue weighted by molar-refractivity contribution is -0.137. The van der Waals surface area contributed by atoms with Crippen LogP contribution in [0.3, 0.4) is 0 Å². The lowest BCUT2D eigenvalue weighted by Gasteiger charge is -2.30. The molecule has 104 valence electrons. The van der Waals surface area contributed by atoms with E-state index in [4.69, 9.17) is 5.11 Å². The molecule has 0 unspecified atom stereocenters. The highest BCUT2D eigenvalue weighted by molar-refractivity contribution is 5.77. The third-order valence-corrected chi connectivity index (χ3v) is 3.43. The molecule has 1 rings (SSSR count). The van der Waals surface area contributed by atoms with E-state index in [1.807, 2.05) is 4.90 Å². The predicted octanol–water partition coefficient (Wildman–Crippen LogP) is 2.67. The van der Waals surface area contributed by atoms with Gasteiger partial charge in [-0.3, -0.25) is 9.59 Å². The van der Waals surface area contributed by atoms with E-state index in [1.54, 1.807) is 0 Å². The zero-order valence-electron chi connectivity index (χ0n) is 11.5. The molecule has 18 heavy (non-hydrogen) atoms. The van der Waals surface area contributed by atoms with Crippen molar-refractivity contribution >= 4 is 11.9 Å². The van der Waals surface area contributed by atoms with Gasteiger partial charge >= 0.3 is 5.97 Å². The second kappa shape index (κ2) is 7.39. The van der Waals surface area contributed by atoms with Crippen LogP contribution in [0.4, 0.5) is 0 Å². The Balaban J connectivity index is 2.47. The van der Waals surface area contributed by atoms with E-state index in [2.05, 4.69) is 13.8 Å². The molecule has 0 aromatic heterocycles. The lowest BCUT2D eigenvalue weighted by atomic mass is 10.1. The minimum absolute atomic E-state index is 0.0892. The van der Waals surface area contributed by atoms with Crippen molar-refractivity contribution in [2.45, 2.75) is 64.8 Å². The van der Waals surface area contributed by atoms with Crippen molar-refractivity contribution in [2.24, 2.45) is 5.92 Å². The van der Waals surface area contributed by atoms with E-state index < -0.39 is 5.97 Å². The predicted molar refractivity (Wildman–Crippen MR) is 70.3 cm³/mol. The molecule has 0 bridgehead atoms. The topological polar surface area (TPSA) is 57.6 Å². The van der Waals surface area contributed by atoms with Crippen LogP contribution in [-0.2, 0) is 9.59 Å². The maximum absolute atomic E-state index is 12.2. The van der Waals surface area contributed by atoms with Crippen LogP contribution in [0.1, 0.15) is 58.8 Å². The zero-order valence-corrected chi connectivity index (χ0v) is 11.5. The van der Waals surface area contributed by atoms with Gasteiger partial charge in [-0.2, -0.15) is 0 Å². The van der Waals surface area contributed by atoms with Crippen molar-refractivity contribution < 1.29 is 14.7 Å².